The molecule has 2 N–H and O–H groups in total. The second kappa shape index (κ2) is 4.94. The van der Waals surface area contributed by atoms with Crippen molar-refractivity contribution in [3.8, 4) is 0 Å². The zero-order valence-electron chi connectivity index (χ0n) is 8.87. The minimum absolute atomic E-state index is 0.131. The summed E-state index contributed by atoms with van der Waals surface area (Å²) < 4.78 is 12.6. The van der Waals surface area contributed by atoms with E-state index in [-0.39, 0.29) is 11.8 Å². The number of nitrogens with zero attached hydrogens (tertiary/aromatic N) is 1. The van der Waals surface area contributed by atoms with E-state index in [1.165, 1.54) is 12.1 Å². The lowest BCUT2D eigenvalue weighted by molar-refractivity contribution is 0.204. The van der Waals surface area contributed by atoms with Crippen LogP contribution in [-0.4, -0.2) is 37.1 Å². The zero-order chi connectivity index (χ0) is 11.4. The van der Waals surface area contributed by atoms with Crippen LogP contribution in [0.15, 0.2) is 24.3 Å². The van der Waals surface area contributed by atoms with E-state index in [4.69, 9.17) is 0 Å². The molecule has 1 aliphatic heterocycles. The Labute approximate surface area is 93.4 Å². The minimum atomic E-state index is -0.305. The molecule has 0 bridgehead atoms. The third-order valence-corrected chi connectivity index (χ3v) is 2.50. The quantitative estimate of drug-likeness (QED) is 0.753. The van der Waals surface area contributed by atoms with Crippen molar-refractivity contribution in [1.29, 1.82) is 0 Å². The van der Waals surface area contributed by atoms with Gasteiger partial charge in [-0.25, -0.2) is 9.18 Å². The molecule has 4 nitrogen and oxygen atoms in total. The first-order valence-electron chi connectivity index (χ1n) is 5.28. The Bertz CT molecular complexity index is 360. The number of hydrogen-bond acceptors (Lipinski definition) is 2. The molecule has 1 fully saturated rings. The molecular weight excluding hydrogens is 209 g/mol. The Morgan fingerprint density at radius 2 is 1.88 bits per heavy atom. The first-order chi connectivity index (χ1) is 7.75. The molecular formula is C11H14FN3O. The standard InChI is InChI=1S/C11H14FN3O/c12-9-1-3-10(4-2-9)14-11(16)15-7-5-13-6-8-15/h1-4,13H,5-8H2,(H,14,16). The van der Waals surface area contributed by atoms with Crippen LogP contribution in [0.4, 0.5) is 14.9 Å². The van der Waals surface area contributed by atoms with Crippen molar-refractivity contribution >= 4 is 11.7 Å². The summed E-state index contributed by atoms with van der Waals surface area (Å²) in [4.78, 5) is 13.5. The van der Waals surface area contributed by atoms with Crippen molar-refractivity contribution in [2.24, 2.45) is 0 Å². The van der Waals surface area contributed by atoms with E-state index in [9.17, 15) is 9.18 Å². The first-order valence-corrected chi connectivity index (χ1v) is 5.28. The van der Waals surface area contributed by atoms with Crippen molar-refractivity contribution in [2.75, 3.05) is 31.5 Å². The van der Waals surface area contributed by atoms with Crippen LogP contribution in [0.3, 0.4) is 0 Å². The molecule has 0 spiro atoms. The van der Waals surface area contributed by atoms with Gasteiger partial charge in [0.1, 0.15) is 5.82 Å². The normalized spacial score (nSPS) is 15.9. The topological polar surface area (TPSA) is 44.4 Å². The third kappa shape index (κ3) is 2.70. The summed E-state index contributed by atoms with van der Waals surface area (Å²) in [6, 6.07) is 5.62. The molecule has 16 heavy (non-hydrogen) atoms. The number of carbonyl (C=O) groups excluding carboxylic acids is 1. The van der Waals surface area contributed by atoms with Crippen molar-refractivity contribution < 1.29 is 9.18 Å². The van der Waals surface area contributed by atoms with Crippen LogP contribution in [0.1, 0.15) is 0 Å². The van der Waals surface area contributed by atoms with Crippen LogP contribution in [0.5, 0.6) is 0 Å². The Kier molecular flexibility index (Phi) is 3.36. The highest BCUT2D eigenvalue weighted by Gasteiger charge is 2.15. The number of piperazine rings is 1. The summed E-state index contributed by atoms with van der Waals surface area (Å²) in [7, 11) is 0. The van der Waals surface area contributed by atoms with E-state index in [0.29, 0.717) is 18.8 Å². The van der Waals surface area contributed by atoms with Crippen LogP contribution in [0.25, 0.3) is 0 Å². The number of nitrogens with one attached hydrogen (secondary N) is 2. The highest BCUT2D eigenvalue weighted by atomic mass is 19.1. The smallest absolute Gasteiger partial charge is 0.321 e. The largest absolute Gasteiger partial charge is 0.322 e. The summed E-state index contributed by atoms with van der Waals surface area (Å²) in [6.45, 7) is 3.04. The maximum absolute atomic E-state index is 12.6. The predicted octanol–water partition coefficient (Wildman–Crippen LogP) is 1.26. The van der Waals surface area contributed by atoms with E-state index < -0.39 is 0 Å². The van der Waals surface area contributed by atoms with E-state index >= 15 is 0 Å². The fourth-order valence-corrected chi connectivity index (χ4v) is 1.60. The molecule has 2 amide bonds. The number of hydrogen-bond donors (Lipinski definition) is 2. The number of urea groups is 1. The molecule has 1 aliphatic rings. The fraction of sp³-hybridized carbons (Fsp3) is 0.364. The zero-order valence-corrected chi connectivity index (χ0v) is 8.87. The molecule has 1 aromatic carbocycles. The van der Waals surface area contributed by atoms with Gasteiger partial charge in [-0.05, 0) is 24.3 Å². The van der Waals surface area contributed by atoms with Gasteiger partial charge in [0.15, 0.2) is 0 Å². The number of rotatable bonds is 1. The van der Waals surface area contributed by atoms with Gasteiger partial charge in [-0.3, -0.25) is 0 Å². The van der Waals surface area contributed by atoms with Crippen LogP contribution >= 0.6 is 0 Å². The van der Waals surface area contributed by atoms with Gasteiger partial charge in [-0.2, -0.15) is 0 Å². The molecule has 86 valence electrons. The summed E-state index contributed by atoms with van der Waals surface area (Å²) in [5, 5.41) is 5.90. The average molecular weight is 223 g/mol. The van der Waals surface area contributed by atoms with Crippen LogP contribution in [0.2, 0.25) is 0 Å². The maximum atomic E-state index is 12.6. The van der Waals surface area contributed by atoms with Gasteiger partial charge in [0.2, 0.25) is 0 Å². The predicted molar refractivity (Wildman–Crippen MR) is 59.9 cm³/mol. The van der Waals surface area contributed by atoms with Crippen molar-refractivity contribution in [1.82, 2.24) is 10.2 Å². The third-order valence-electron chi connectivity index (χ3n) is 2.50. The molecule has 1 heterocycles. The Morgan fingerprint density at radius 3 is 2.50 bits per heavy atom. The average Bonchev–Trinajstić information content (AvgIpc) is 2.33. The second-order valence-electron chi connectivity index (χ2n) is 3.67. The molecule has 0 aliphatic carbocycles. The van der Waals surface area contributed by atoms with E-state index in [2.05, 4.69) is 10.6 Å². The highest BCUT2D eigenvalue weighted by molar-refractivity contribution is 5.89. The first kappa shape index (κ1) is 10.9. The van der Waals surface area contributed by atoms with Gasteiger partial charge >= 0.3 is 6.03 Å². The summed E-state index contributed by atoms with van der Waals surface area (Å²) in [5.74, 6) is -0.305. The summed E-state index contributed by atoms with van der Waals surface area (Å²) in [5.41, 5.74) is 0.616. The summed E-state index contributed by atoms with van der Waals surface area (Å²) >= 11 is 0. The van der Waals surface area contributed by atoms with Crippen LogP contribution < -0.4 is 10.6 Å². The number of amides is 2. The molecule has 5 heteroatoms. The molecule has 1 saturated heterocycles. The molecule has 0 saturated carbocycles. The van der Waals surface area contributed by atoms with Crippen molar-refractivity contribution in [3.05, 3.63) is 30.1 Å². The molecule has 0 unspecified atom stereocenters. The minimum Gasteiger partial charge on any atom is -0.322 e. The Balaban J connectivity index is 1.93. The monoisotopic (exact) mass is 223 g/mol. The Morgan fingerprint density at radius 1 is 1.25 bits per heavy atom. The second-order valence-corrected chi connectivity index (χ2v) is 3.67. The molecule has 2 rings (SSSR count). The highest BCUT2D eigenvalue weighted by Crippen LogP contribution is 2.09. The molecule has 0 atom stereocenters. The number of halogens is 1. The molecule has 0 radical (unpaired) electrons. The molecule has 0 aromatic heterocycles. The number of benzene rings is 1. The number of carbonyl (C=O) groups is 1. The fourth-order valence-electron chi connectivity index (χ4n) is 1.60. The maximum Gasteiger partial charge on any atom is 0.321 e. The van der Waals surface area contributed by atoms with E-state index in [1.807, 2.05) is 0 Å². The van der Waals surface area contributed by atoms with Gasteiger partial charge in [0, 0.05) is 31.9 Å². The van der Waals surface area contributed by atoms with Gasteiger partial charge in [0.25, 0.3) is 0 Å². The molecule has 1 aromatic rings. The van der Waals surface area contributed by atoms with Gasteiger partial charge in [0.05, 0.1) is 0 Å². The Hall–Kier alpha value is -1.62. The lowest BCUT2D eigenvalue weighted by atomic mass is 10.3. The van der Waals surface area contributed by atoms with Crippen LogP contribution in [-0.2, 0) is 0 Å². The van der Waals surface area contributed by atoms with Gasteiger partial charge < -0.3 is 15.5 Å². The lowest BCUT2D eigenvalue weighted by Gasteiger charge is -2.27. The van der Waals surface area contributed by atoms with E-state index in [0.717, 1.165) is 13.1 Å². The van der Waals surface area contributed by atoms with Crippen LogP contribution in [0, 0.1) is 5.82 Å². The summed E-state index contributed by atoms with van der Waals surface area (Å²) in [6.07, 6.45) is 0. The van der Waals surface area contributed by atoms with Gasteiger partial charge in [-0.15, -0.1) is 0 Å². The SMILES string of the molecule is O=C(Nc1ccc(F)cc1)N1CCNCC1. The van der Waals surface area contributed by atoms with E-state index in [1.54, 1.807) is 17.0 Å². The number of anilines is 1. The lowest BCUT2D eigenvalue weighted by Crippen LogP contribution is -2.48. The van der Waals surface area contributed by atoms with Crippen molar-refractivity contribution in [2.45, 2.75) is 0 Å². The van der Waals surface area contributed by atoms with Crippen molar-refractivity contribution in [3.63, 3.8) is 0 Å². The van der Waals surface area contributed by atoms with Gasteiger partial charge in [-0.1, -0.05) is 0 Å².